The second-order valence-corrected chi connectivity index (χ2v) is 7.33. The molecule has 0 spiro atoms. The number of aromatic nitrogens is 3. The van der Waals surface area contributed by atoms with Crippen LogP contribution in [-0.2, 0) is 6.54 Å². The smallest absolute Gasteiger partial charge is 0.191 e. The maximum absolute atomic E-state index is 4.54. The summed E-state index contributed by atoms with van der Waals surface area (Å²) in [6, 6.07) is 4.10. The summed E-state index contributed by atoms with van der Waals surface area (Å²) in [6.07, 6.45) is 12.2. The zero-order valence-corrected chi connectivity index (χ0v) is 19.9. The molecule has 1 saturated heterocycles. The van der Waals surface area contributed by atoms with Crippen molar-refractivity contribution in [2.45, 2.75) is 45.6 Å². The Balaban J connectivity index is 0.00000300. The minimum atomic E-state index is 0. The van der Waals surface area contributed by atoms with Gasteiger partial charge in [-0.25, -0.2) is 9.97 Å². The van der Waals surface area contributed by atoms with Crippen LogP contribution in [0.5, 0.6) is 0 Å². The zero-order valence-electron chi connectivity index (χ0n) is 17.6. The molecule has 29 heavy (non-hydrogen) atoms. The molecule has 0 radical (unpaired) electrons. The molecule has 2 aromatic rings. The molecule has 0 aliphatic carbocycles. The fourth-order valence-corrected chi connectivity index (χ4v) is 3.56. The molecule has 2 N–H and O–H groups in total. The van der Waals surface area contributed by atoms with E-state index in [1.807, 2.05) is 37.0 Å². The maximum atomic E-state index is 4.54. The van der Waals surface area contributed by atoms with Crippen LogP contribution in [0.3, 0.4) is 0 Å². The summed E-state index contributed by atoms with van der Waals surface area (Å²) in [5.41, 5.74) is 1.12. The molecule has 7 nitrogen and oxygen atoms in total. The van der Waals surface area contributed by atoms with Crippen LogP contribution in [0.15, 0.2) is 35.7 Å². The van der Waals surface area contributed by atoms with E-state index in [1.54, 1.807) is 6.20 Å². The Kier molecular flexibility index (Phi) is 10.4. The van der Waals surface area contributed by atoms with Crippen molar-refractivity contribution in [2.75, 3.05) is 33.2 Å². The van der Waals surface area contributed by atoms with Crippen LogP contribution >= 0.6 is 24.0 Å². The number of hydrogen-bond acceptors (Lipinski definition) is 4. The minimum absolute atomic E-state index is 0. The third-order valence-corrected chi connectivity index (χ3v) is 5.21. The van der Waals surface area contributed by atoms with Crippen LogP contribution in [-0.4, -0.2) is 58.6 Å². The number of aliphatic imine (C=N–C) groups is 1. The average Bonchev–Trinajstić information content (AvgIpc) is 2.98. The molecule has 1 aliphatic rings. The number of halogens is 1. The van der Waals surface area contributed by atoms with Gasteiger partial charge >= 0.3 is 0 Å². The Morgan fingerprint density at radius 2 is 1.90 bits per heavy atom. The number of guanidine groups is 1. The molecular formula is C21H34IN7. The van der Waals surface area contributed by atoms with E-state index in [9.17, 15) is 0 Å². The summed E-state index contributed by atoms with van der Waals surface area (Å²) in [5, 5.41) is 6.78. The SMILES string of the molecule is CN=C(NCCCN1CCCCCC1)NCc1ccc(-n2ccnc2C)nc1.I. The van der Waals surface area contributed by atoms with Crippen LogP contribution in [0.2, 0.25) is 0 Å². The van der Waals surface area contributed by atoms with E-state index >= 15 is 0 Å². The van der Waals surface area contributed by atoms with Crippen molar-refractivity contribution >= 4 is 29.9 Å². The number of rotatable bonds is 7. The first kappa shape index (κ1) is 23.6. The second-order valence-electron chi connectivity index (χ2n) is 7.33. The van der Waals surface area contributed by atoms with Crippen LogP contribution in [0, 0.1) is 6.92 Å². The Bertz CT molecular complexity index is 734. The lowest BCUT2D eigenvalue weighted by atomic mass is 10.2. The summed E-state index contributed by atoms with van der Waals surface area (Å²) in [4.78, 5) is 15.7. The molecule has 0 atom stereocenters. The molecule has 0 unspecified atom stereocenters. The molecular weight excluding hydrogens is 477 g/mol. The van der Waals surface area contributed by atoms with Gasteiger partial charge in [0, 0.05) is 38.7 Å². The standard InChI is InChI=1S/C21H33N7.HI/c1-18-23-11-15-28(18)20-9-8-19(16-25-20)17-26-21(22-2)24-10-7-14-27-12-5-3-4-6-13-27;/h8-9,11,15-16H,3-7,10,12-14,17H2,1-2H3,(H2,22,24,26);1H. The summed E-state index contributed by atoms with van der Waals surface area (Å²) in [6.45, 7) is 7.29. The molecule has 0 bridgehead atoms. The Morgan fingerprint density at radius 1 is 1.10 bits per heavy atom. The molecule has 0 aromatic carbocycles. The van der Waals surface area contributed by atoms with Gasteiger partial charge in [-0.3, -0.25) is 9.56 Å². The molecule has 0 saturated carbocycles. The van der Waals surface area contributed by atoms with Crippen LogP contribution in [0.25, 0.3) is 5.82 Å². The number of imidazole rings is 1. The highest BCUT2D eigenvalue weighted by Gasteiger charge is 2.08. The predicted octanol–water partition coefficient (Wildman–Crippen LogP) is 3.12. The van der Waals surface area contributed by atoms with Crippen LogP contribution < -0.4 is 10.6 Å². The number of likely N-dealkylation sites (tertiary alicyclic amines) is 1. The number of nitrogens with one attached hydrogen (secondary N) is 2. The van der Waals surface area contributed by atoms with E-state index in [1.165, 1.54) is 45.3 Å². The molecule has 1 aliphatic heterocycles. The van der Waals surface area contributed by atoms with E-state index < -0.39 is 0 Å². The number of hydrogen-bond donors (Lipinski definition) is 2. The summed E-state index contributed by atoms with van der Waals surface area (Å²) < 4.78 is 1.97. The first-order chi connectivity index (χ1) is 13.8. The van der Waals surface area contributed by atoms with Gasteiger partial charge in [-0.15, -0.1) is 24.0 Å². The van der Waals surface area contributed by atoms with Gasteiger partial charge in [0.15, 0.2) is 5.96 Å². The summed E-state index contributed by atoms with van der Waals surface area (Å²) >= 11 is 0. The van der Waals surface area contributed by atoms with Crippen molar-refractivity contribution < 1.29 is 0 Å². The van der Waals surface area contributed by atoms with Crippen molar-refractivity contribution in [1.29, 1.82) is 0 Å². The topological polar surface area (TPSA) is 70.4 Å². The normalized spacial score (nSPS) is 15.4. The van der Waals surface area contributed by atoms with E-state index in [0.717, 1.165) is 36.1 Å². The van der Waals surface area contributed by atoms with Crippen LogP contribution in [0.4, 0.5) is 0 Å². The molecule has 160 valence electrons. The fourth-order valence-electron chi connectivity index (χ4n) is 3.56. The van der Waals surface area contributed by atoms with E-state index in [4.69, 9.17) is 0 Å². The highest BCUT2D eigenvalue weighted by Crippen LogP contribution is 2.10. The van der Waals surface area contributed by atoms with E-state index in [2.05, 4.69) is 36.6 Å². The van der Waals surface area contributed by atoms with Crippen molar-refractivity contribution in [3.05, 3.63) is 42.1 Å². The molecule has 1 fully saturated rings. The third kappa shape index (κ3) is 7.58. The van der Waals surface area contributed by atoms with Gasteiger partial charge in [0.2, 0.25) is 0 Å². The number of pyridine rings is 1. The predicted molar refractivity (Wildman–Crippen MR) is 129 cm³/mol. The van der Waals surface area contributed by atoms with E-state index in [0.29, 0.717) is 6.54 Å². The van der Waals surface area contributed by atoms with Crippen molar-refractivity contribution in [3.8, 4) is 5.82 Å². The monoisotopic (exact) mass is 511 g/mol. The fraction of sp³-hybridized carbons (Fsp3) is 0.571. The van der Waals surface area contributed by atoms with Gasteiger partial charge in [-0.2, -0.15) is 0 Å². The van der Waals surface area contributed by atoms with Gasteiger partial charge in [0.25, 0.3) is 0 Å². The van der Waals surface area contributed by atoms with Crippen molar-refractivity contribution in [1.82, 2.24) is 30.1 Å². The Hall–Kier alpha value is -1.68. The molecule has 0 amide bonds. The summed E-state index contributed by atoms with van der Waals surface area (Å²) in [7, 11) is 1.81. The van der Waals surface area contributed by atoms with Gasteiger partial charge < -0.3 is 15.5 Å². The number of aryl methyl sites for hydroxylation is 1. The molecule has 3 heterocycles. The van der Waals surface area contributed by atoms with Gasteiger partial charge in [0.1, 0.15) is 11.6 Å². The molecule has 8 heteroatoms. The molecule has 3 rings (SSSR count). The third-order valence-electron chi connectivity index (χ3n) is 5.21. The average molecular weight is 511 g/mol. The lowest BCUT2D eigenvalue weighted by Crippen LogP contribution is -2.38. The highest BCUT2D eigenvalue weighted by molar-refractivity contribution is 14.0. The first-order valence-corrected chi connectivity index (χ1v) is 10.4. The number of nitrogens with zero attached hydrogens (tertiary/aromatic N) is 5. The molecule has 2 aromatic heterocycles. The largest absolute Gasteiger partial charge is 0.356 e. The highest BCUT2D eigenvalue weighted by atomic mass is 127. The Morgan fingerprint density at radius 3 is 2.52 bits per heavy atom. The summed E-state index contributed by atoms with van der Waals surface area (Å²) in [5.74, 6) is 2.66. The van der Waals surface area contributed by atoms with E-state index in [-0.39, 0.29) is 24.0 Å². The maximum Gasteiger partial charge on any atom is 0.191 e. The van der Waals surface area contributed by atoms with Gasteiger partial charge in [-0.05, 0) is 57.5 Å². The lowest BCUT2D eigenvalue weighted by Gasteiger charge is -2.20. The van der Waals surface area contributed by atoms with Crippen molar-refractivity contribution in [2.24, 2.45) is 4.99 Å². The first-order valence-electron chi connectivity index (χ1n) is 10.4. The zero-order chi connectivity index (χ0) is 19.6. The lowest BCUT2D eigenvalue weighted by molar-refractivity contribution is 0.282. The second kappa shape index (κ2) is 12.8. The van der Waals surface area contributed by atoms with Crippen molar-refractivity contribution in [3.63, 3.8) is 0 Å². The van der Waals surface area contributed by atoms with Crippen LogP contribution in [0.1, 0.15) is 43.5 Å². The minimum Gasteiger partial charge on any atom is -0.356 e. The quantitative estimate of drug-likeness (QED) is 0.259. The Labute approximate surface area is 191 Å². The van der Waals surface area contributed by atoms with Gasteiger partial charge in [0.05, 0.1) is 0 Å². The van der Waals surface area contributed by atoms with Gasteiger partial charge in [-0.1, -0.05) is 18.9 Å².